The number of carboxylic acid groups (broad SMARTS) is 2. The second-order valence-corrected chi connectivity index (χ2v) is 5.75. The molecule has 2 N–H and O–H groups in total. The van der Waals surface area contributed by atoms with Crippen molar-refractivity contribution in [2.75, 3.05) is 0 Å². The van der Waals surface area contributed by atoms with Crippen molar-refractivity contribution in [2.24, 2.45) is 16.7 Å². The van der Waals surface area contributed by atoms with Crippen LogP contribution in [0.25, 0.3) is 0 Å². The normalized spacial score (nSPS) is 50.6. The Morgan fingerprint density at radius 1 is 1.25 bits per heavy atom. The van der Waals surface area contributed by atoms with Crippen LogP contribution in [0, 0.1) is 16.7 Å². The monoisotopic (exact) mass is 266 g/mol. The summed E-state index contributed by atoms with van der Waals surface area (Å²) < 4.78 is 0. The number of hydrogen-bond acceptors (Lipinski definition) is 2. The summed E-state index contributed by atoms with van der Waals surface area (Å²) in [6.45, 7) is 1.46. The van der Waals surface area contributed by atoms with Crippen molar-refractivity contribution in [2.45, 2.75) is 30.5 Å². The van der Waals surface area contributed by atoms with E-state index in [4.69, 9.17) is 23.2 Å². The lowest BCUT2D eigenvalue weighted by molar-refractivity contribution is -0.168. The number of hydrogen-bond donors (Lipinski definition) is 2. The van der Waals surface area contributed by atoms with Gasteiger partial charge < -0.3 is 10.2 Å². The summed E-state index contributed by atoms with van der Waals surface area (Å²) in [4.78, 5) is 22.9. The molecule has 0 aromatic rings. The van der Waals surface area contributed by atoms with Crippen LogP contribution in [-0.2, 0) is 9.59 Å². The van der Waals surface area contributed by atoms with Gasteiger partial charge in [0.05, 0.1) is 16.2 Å². The van der Waals surface area contributed by atoms with E-state index in [1.807, 2.05) is 0 Å². The van der Waals surface area contributed by atoms with E-state index in [9.17, 15) is 19.8 Å². The Bertz CT molecular complexity index is 372. The fourth-order valence-corrected chi connectivity index (χ4v) is 4.63. The summed E-state index contributed by atoms with van der Waals surface area (Å²) in [6.07, 6.45) is 0.791. The summed E-state index contributed by atoms with van der Waals surface area (Å²) >= 11 is 12.1. The number of fused-ring (bicyclic) bond motifs is 2. The predicted molar refractivity (Wildman–Crippen MR) is 57.8 cm³/mol. The van der Waals surface area contributed by atoms with Crippen molar-refractivity contribution in [1.82, 2.24) is 0 Å². The third-order valence-electron chi connectivity index (χ3n) is 4.48. The molecule has 4 nitrogen and oxygen atoms in total. The lowest BCUT2D eigenvalue weighted by atomic mass is 9.68. The fourth-order valence-electron chi connectivity index (χ4n) is 3.44. The molecule has 0 aromatic carbocycles. The van der Waals surface area contributed by atoms with Crippen molar-refractivity contribution in [3.8, 4) is 0 Å². The van der Waals surface area contributed by atoms with E-state index in [1.54, 1.807) is 0 Å². The zero-order valence-corrected chi connectivity index (χ0v) is 10.1. The highest BCUT2D eigenvalue weighted by Crippen LogP contribution is 2.68. The molecule has 0 heterocycles. The molecule has 0 aliphatic heterocycles. The minimum Gasteiger partial charge on any atom is -0.481 e. The Balaban J connectivity index is 2.62. The average Bonchev–Trinajstić information content (AvgIpc) is 2.58. The quantitative estimate of drug-likeness (QED) is 0.748. The van der Waals surface area contributed by atoms with Crippen LogP contribution < -0.4 is 0 Å². The van der Waals surface area contributed by atoms with Gasteiger partial charge in [0, 0.05) is 0 Å². The lowest BCUT2D eigenvalue weighted by Crippen LogP contribution is -2.49. The molecule has 5 atom stereocenters. The van der Waals surface area contributed by atoms with E-state index >= 15 is 0 Å². The topological polar surface area (TPSA) is 74.6 Å². The van der Waals surface area contributed by atoms with Crippen molar-refractivity contribution in [3.63, 3.8) is 0 Å². The number of aliphatic carboxylic acids is 2. The lowest BCUT2D eigenvalue weighted by Gasteiger charge is -2.35. The maximum Gasteiger partial charge on any atom is 0.312 e. The minimum atomic E-state index is -1.43. The minimum absolute atomic E-state index is 0.285. The van der Waals surface area contributed by atoms with Gasteiger partial charge in [0.15, 0.2) is 0 Å². The van der Waals surface area contributed by atoms with Crippen LogP contribution in [0.4, 0.5) is 0 Å². The van der Waals surface area contributed by atoms with E-state index in [0.717, 1.165) is 0 Å². The summed E-state index contributed by atoms with van der Waals surface area (Å²) in [6, 6.07) is 0. The number of carboxylic acids is 2. The molecule has 6 heteroatoms. The summed E-state index contributed by atoms with van der Waals surface area (Å²) in [5.41, 5.74) is -2.80. The van der Waals surface area contributed by atoms with Gasteiger partial charge >= 0.3 is 11.9 Å². The molecular weight excluding hydrogens is 255 g/mol. The van der Waals surface area contributed by atoms with Gasteiger partial charge in [-0.15, -0.1) is 23.2 Å². The van der Waals surface area contributed by atoms with Crippen molar-refractivity contribution in [1.29, 1.82) is 0 Å². The first-order valence-corrected chi connectivity index (χ1v) is 5.92. The third kappa shape index (κ3) is 0.979. The maximum absolute atomic E-state index is 11.5. The summed E-state index contributed by atoms with van der Waals surface area (Å²) in [5.74, 6) is -2.64. The molecule has 90 valence electrons. The van der Waals surface area contributed by atoms with Crippen molar-refractivity contribution in [3.05, 3.63) is 0 Å². The molecule has 2 rings (SSSR count). The van der Waals surface area contributed by atoms with Gasteiger partial charge in [-0.1, -0.05) is 0 Å². The molecule has 2 aliphatic rings. The molecular formula is C10H12Cl2O4. The largest absolute Gasteiger partial charge is 0.481 e. The second kappa shape index (κ2) is 3.26. The van der Waals surface area contributed by atoms with E-state index in [-0.39, 0.29) is 12.3 Å². The summed E-state index contributed by atoms with van der Waals surface area (Å²) in [5, 5.41) is 17.3. The second-order valence-electron chi connectivity index (χ2n) is 4.78. The maximum atomic E-state index is 11.5. The van der Waals surface area contributed by atoms with Crippen LogP contribution in [0.15, 0.2) is 0 Å². The van der Waals surface area contributed by atoms with Crippen LogP contribution in [0.3, 0.4) is 0 Å². The average molecular weight is 267 g/mol. The molecule has 0 radical (unpaired) electrons. The highest BCUT2D eigenvalue weighted by molar-refractivity contribution is 6.32. The van der Waals surface area contributed by atoms with Crippen LogP contribution in [0.1, 0.15) is 19.8 Å². The smallest absolute Gasteiger partial charge is 0.312 e. The van der Waals surface area contributed by atoms with Crippen LogP contribution in [-0.4, -0.2) is 32.9 Å². The molecule has 0 spiro atoms. The van der Waals surface area contributed by atoms with Crippen LogP contribution >= 0.6 is 23.2 Å². The Labute approximate surface area is 103 Å². The van der Waals surface area contributed by atoms with E-state index in [0.29, 0.717) is 6.42 Å². The van der Waals surface area contributed by atoms with Crippen LogP contribution in [0.5, 0.6) is 0 Å². The molecule has 0 aromatic heterocycles. The fraction of sp³-hybridized carbons (Fsp3) is 0.800. The van der Waals surface area contributed by atoms with E-state index in [1.165, 1.54) is 6.92 Å². The molecule has 0 amide bonds. The number of carbonyl (C=O) groups is 2. The molecule has 2 bridgehead atoms. The molecule has 2 saturated carbocycles. The molecule has 2 fully saturated rings. The zero-order valence-electron chi connectivity index (χ0n) is 8.61. The van der Waals surface area contributed by atoms with Gasteiger partial charge in [0.1, 0.15) is 5.41 Å². The first kappa shape index (κ1) is 12.0. The molecule has 2 aliphatic carbocycles. The molecule has 0 saturated heterocycles. The Hall–Kier alpha value is -0.480. The highest BCUT2D eigenvalue weighted by atomic mass is 35.5. The Kier molecular flexibility index (Phi) is 2.45. The van der Waals surface area contributed by atoms with Gasteiger partial charge in [0.2, 0.25) is 0 Å². The van der Waals surface area contributed by atoms with Crippen molar-refractivity contribution >= 4 is 35.1 Å². The summed E-state index contributed by atoms with van der Waals surface area (Å²) in [7, 11) is 0. The van der Waals surface area contributed by atoms with Gasteiger partial charge in [-0.05, 0) is 25.7 Å². The Morgan fingerprint density at radius 3 is 2.19 bits per heavy atom. The van der Waals surface area contributed by atoms with Gasteiger partial charge in [0.25, 0.3) is 0 Å². The van der Waals surface area contributed by atoms with Gasteiger partial charge in [-0.3, -0.25) is 9.59 Å². The van der Waals surface area contributed by atoms with Crippen molar-refractivity contribution < 1.29 is 19.8 Å². The van der Waals surface area contributed by atoms with Crippen LogP contribution in [0.2, 0.25) is 0 Å². The molecule has 0 unspecified atom stereocenters. The first-order valence-electron chi connectivity index (χ1n) is 5.05. The molecule has 16 heavy (non-hydrogen) atoms. The number of rotatable bonds is 2. The SMILES string of the molecule is C[C@]1(C(=O)O)[C@@H]2CC[C@@]1(C(=O)O)[C@H](Cl)[C@@H]2Cl. The van der Waals surface area contributed by atoms with Gasteiger partial charge in [-0.2, -0.15) is 0 Å². The van der Waals surface area contributed by atoms with E-state index in [2.05, 4.69) is 0 Å². The first-order chi connectivity index (χ1) is 7.30. The Morgan fingerprint density at radius 2 is 1.81 bits per heavy atom. The standard InChI is InChI=1S/C10H12Cl2O4/c1-9(7(13)14)4-2-3-10(9,8(15)16)6(12)5(4)11/h4-6H,2-3H2,1H3,(H,13,14)(H,15,16)/t4-,5-,6-,9-,10+/m1/s1. The number of halogens is 2. The van der Waals surface area contributed by atoms with E-state index < -0.39 is 33.5 Å². The van der Waals surface area contributed by atoms with Gasteiger partial charge in [-0.25, -0.2) is 0 Å². The third-order valence-corrected chi connectivity index (χ3v) is 5.81. The highest BCUT2D eigenvalue weighted by Gasteiger charge is 2.77. The number of alkyl halides is 2. The zero-order chi connectivity index (χ0) is 12.3. The predicted octanol–water partition coefficient (Wildman–Crippen LogP) is 1.79.